The first kappa shape index (κ1) is 14.6. The summed E-state index contributed by atoms with van der Waals surface area (Å²) < 4.78 is 6.03. The lowest BCUT2D eigenvalue weighted by Gasteiger charge is -2.09. The van der Waals surface area contributed by atoms with Crippen molar-refractivity contribution in [2.45, 2.75) is 13.8 Å². The van der Waals surface area contributed by atoms with E-state index < -0.39 is 0 Å². The number of ether oxygens (including phenoxy) is 1. The van der Waals surface area contributed by atoms with Gasteiger partial charge in [-0.15, -0.1) is 0 Å². The van der Waals surface area contributed by atoms with E-state index in [4.69, 9.17) is 4.74 Å². The van der Waals surface area contributed by atoms with Crippen LogP contribution in [0.3, 0.4) is 0 Å². The van der Waals surface area contributed by atoms with Gasteiger partial charge in [-0.2, -0.15) is 0 Å². The molecule has 24 heavy (non-hydrogen) atoms. The minimum absolute atomic E-state index is 0.282. The Morgan fingerprint density at radius 2 is 1.21 bits per heavy atom. The summed E-state index contributed by atoms with van der Waals surface area (Å²) in [5.74, 6) is 1.95. The van der Waals surface area contributed by atoms with Crippen LogP contribution in [-0.2, 0) is 0 Å². The average Bonchev–Trinajstić information content (AvgIpc) is 2.52. The Balaban J connectivity index is 1.77. The maximum atomic E-state index is 9.68. The van der Waals surface area contributed by atoms with Crippen LogP contribution in [0.5, 0.6) is 17.2 Å². The number of aryl methyl sites for hydroxylation is 2. The molecule has 0 fully saturated rings. The molecule has 2 heteroatoms. The molecule has 118 valence electrons. The van der Waals surface area contributed by atoms with Crippen LogP contribution >= 0.6 is 0 Å². The van der Waals surface area contributed by atoms with E-state index in [9.17, 15) is 5.11 Å². The average molecular weight is 314 g/mol. The zero-order valence-corrected chi connectivity index (χ0v) is 13.7. The number of phenolic OH excluding ortho intramolecular Hbond substituents is 1. The van der Waals surface area contributed by atoms with Gasteiger partial charge in [0.05, 0.1) is 0 Å². The van der Waals surface area contributed by atoms with Gasteiger partial charge in [0.15, 0.2) is 0 Å². The second kappa shape index (κ2) is 5.57. The fourth-order valence-electron chi connectivity index (χ4n) is 3.15. The van der Waals surface area contributed by atoms with Crippen LogP contribution in [0.15, 0.2) is 66.7 Å². The molecule has 2 nitrogen and oxygen atoms in total. The predicted molar refractivity (Wildman–Crippen MR) is 99.1 cm³/mol. The number of fused-ring (bicyclic) bond motifs is 2. The molecule has 0 bridgehead atoms. The Morgan fingerprint density at radius 1 is 0.583 bits per heavy atom. The van der Waals surface area contributed by atoms with E-state index in [0.29, 0.717) is 0 Å². The zero-order chi connectivity index (χ0) is 16.7. The molecule has 4 aromatic carbocycles. The molecular weight excluding hydrogens is 296 g/mol. The van der Waals surface area contributed by atoms with Gasteiger partial charge in [-0.05, 0) is 95.1 Å². The monoisotopic (exact) mass is 314 g/mol. The highest BCUT2D eigenvalue weighted by molar-refractivity contribution is 5.99. The van der Waals surface area contributed by atoms with Gasteiger partial charge in [-0.3, -0.25) is 0 Å². The highest BCUT2D eigenvalue weighted by Crippen LogP contribution is 2.30. The number of phenols is 1. The highest BCUT2D eigenvalue weighted by atomic mass is 16.5. The van der Waals surface area contributed by atoms with Crippen LogP contribution in [0.2, 0.25) is 0 Å². The number of hydrogen-bond acceptors (Lipinski definition) is 2. The summed E-state index contributed by atoms with van der Waals surface area (Å²) >= 11 is 0. The van der Waals surface area contributed by atoms with Gasteiger partial charge in [0.2, 0.25) is 0 Å². The fraction of sp³-hybridized carbons (Fsp3) is 0.0909. The van der Waals surface area contributed by atoms with E-state index in [2.05, 4.69) is 38.1 Å². The van der Waals surface area contributed by atoms with E-state index >= 15 is 0 Å². The molecule has 0 atom stereocenters. The van der Waals surface area contributed by atoms with Crippen molar-refractivity contribution in [1.82, 2.24) is 0 Å². The number of hydrogen-bond donors (Lipinski definition) is 1. The molecule has 0 spiro atoms. The summed E-state index contributed by atoms with van der Waals surface area (Å²) in [5.41, 5.74) is 2.37. The number of aromatic hydroxyl groups is 1. The predicted octanol–water partition coefficient (Wildman–Crippen LogP) is 6.11. The molecule has 0 aliphatic carbocycles. The minimum atomic E-state index is 0.282. The Hall–Kier alpha value is -3.00. The highest BCUT2D eigenvalue weighted by Gasteiger charge is 2.04. The first-order valence-electron chi connectivity index (χ1n) is 7.99. The molecule has 0 aliphatic heterocycles. The third-order valence-electron chi connectivity index (χ3n) is 4.18. The lowest BCUT2D eigenvalue weighted by molar-refractivity contribution is 0.476. The largest absolute Gasteiger partial charge is 0.508 e. The number of benzene rings is 4. The third-order valence-corrected chi connectivity index (χ3v) is 4.18. The Morgan fingerprint density at radius 3 is 1.96 bits per heavy atom. The molecule has 4 aromatic rings. The molecule has 0 aromatic heterocycles. The summed E-state index contributed by atoms with van der Waals surface area (Å²) in [6, 6.07) is 21.9. The van der Waals surface area contributed by atoms with Crippen LogP contribution in [0, 0.1) is 13.8 Å². The Kier molecular flexibility index (Phi) is 3.39. The van der Waals surface area contributed by atoms with Crippen molar-refractivity contribution in [3.05, 3.63) is 77.9 Å². The quantitative estimate of drug-likeness (QED) is 0.452. The van der Waals surface area contributed by atoms with Crippen LogP contribution in [0.25, 0.3) is 21.5 Å². The molecule has 4 rings (SSSR count). The summed E-state index contributed by atoms with van der Waals surface area (Å²) in [6.07, 6.45) is 0. The first-order valence-corrected chi connectivity index (χ1v) is 7.99. The smallest absolute Gasteiger partial charge is 0.128 e. The Labute approximate surface area is 140 Å². The second-order valence-corrected chi connectivity index (χ2v) is 6.32. The van der Waals surface area contributed by atoms with Crippen molar-refractivity contribution >= 4 is 21.5 Å². The van der Waals surface area contributed by atoms with Crippen LogP contribution < -0.4 is 4.74 Å². The van der Waals surface area contributed by atoms with Gasteiger partial charge < -0.3 is 9.84 Å². The molecule has 0 aliphatic rings. The third kappa shape index (κ3) is 2.79. The summed E-state index contributed by atoms with van der Waals surface area (Å²) in [7, 11) is 0. The Bertz CT molecular complexity index is 1040. The van der Waals surface area contributed by atoms with Gasteiger partial charge in [0.25, 0.3) is 0 Å². The van der Waals surface area contributed by atoms with Crippen LogP contribution in [0.4, 0.5) is 0 Å². The van der Waals surface area contributed by atoms with Gasteiger partial charge in [0, 0.05) is 0 Å². The summed E-state index contributed by atoms with van der Waals surface area (Å²) in [5, 5.41) is 14.1. The maximum absolute atomic E-state index is 9.68. The molecule has 0 unspecified atom stereocenters. The molecule has 1 N–H and O–H groups in total. The molecule has 0 saturated heterocycles. The van der Waals surface area contributed by atoms with Crippen molar-refractivity contribution in [1.29, 1.82) is 0 Å². The van der Waals surface area contributed by atoms with Crippen molar-refractivity contribution in [2.24, 2.45) is 0 Å². The zero-order valence-electron chi connectivity index (χ0n) is 13.7. The standard InChI is InChI=1S/C22H18O2/c1-14-7-15(2)9-22(8-14)24-21-6-4-17-10-16-3-5-20(23)12-18(16)11-19(17)13-21/h3-13,23H,1-2H3. The van der Waals surface area contributed by atoms with E-state index in [0.717, 1.165) is 33.0 Å². The van der Waals surface area contributed by atoms with E-state index in [1.54, 1.807) is 12.1 Å². The maximum Gasteiger partial charge on any atom is 0.128 e. The van der Waals surface area contributed by atoms with Gasteiger partial charge in [0.1, 0.15) is 17.2 Å². The summed E-state index contributed by atoms with van der Waals surface area (Å²) in [4.78, 5) is 0. The summed E-state index contributed by atoms with van der Waals surface area (Å²) in [6.45, 7) is 4.14. The van der Waals surface area contributed by atoms with Crippen molar-refractivity contribution in [2.75, 3.05) is 0 Å². The van der Waals surface area contributed by atoms with Crippen molar-refractivity contribution in [3.63, 3.8) is 0 Å². The van der Waals surface area contributed by atoms with Gasteiger partial charge in [-0.25, -0.2) is 0 Å². The number of rotatable bonds is 2. The minimum Gasteiger partial charge on any atom is -0.508 e. The van der Waals surface area contributed by atoms with Crippen LogP contribution in [-0.4, -0.2) is 5.11 Å². The van der Waals surface area contributed by atoms with Crippen molar-refractivity contribution in [3.8, 4) is 17.2 Å². The molecule has 0 heterocycles. The van der Waals surface area contributed by atoms with Crippen LogP contribution in [0.1, 0.15) is 11.1 Å². The van der Waals surface area contributed by atoms with Gasteiger partial charge >= 0.3 is 0 Å². The topological polar surface area (TPSA) is 29.5 Å². The molecule has 0 radical (unpaired) electrons. The molecule has 0 saturated carbocycles. The lowest BCUT2D eigenvalue weighted by atomic mass is 10.0. The fourth-order valence-corrected chi connectivity index (χ4v) is 3.15. The normalized spacial score (nSPS) is 11.1. The molecular formula is C22H18O2. The van der Waals surface area contributed by atoms with E-state index in [-0.39, 0.29) is 5.75 Å². The van der Waals surface area contributed by atoms with Gasteiger partial charge in [-0.1, -0.05) is 18.2 Å². The first-order chi connectivity index (χ1) is 11.6. The van der Waals surface area contributed by atoms with Crippen molar-refractivity contribution < 1.29 is 9.84 Å². The second-order valence-electron chi connectivity index (χ2n) is 6.32. The van der Waals surface area contributed by atoms with E-state index in [1.165, 1.54) is 11.1 Å². The SMILES string of the molecule is Cc1cc(C)cc(Oc2ccc3cc4ccc(O)cc4cc3c2)c1. The molecule has 0 amide bonds. The lowest BCUT2D eigenvalue weighted by Crippen LogP contribution is -1.87. The van der Waals surface area contributed by atoms with E-state index in [1.807, 2.05) is 30.3 Å².